The largest absolute Gasteiger partial charge is 0.381 e. The zero-order chi connectivity index (χ0) is 11.0. The van der Waals surface area contributed by atoms with E-state index in [2.05, 4.69) is 10.2 Å². The van der Waals surface area contributed by atoms with Gasteiger partial charge in [-0.05, 0) is 19.4 Å². The van der Waals surface area contributed by atoms with E-state index in [1.54, 1.807) is 0 Å². The van der Waals surface area contributed by atoms with Gasteiger partial charge in [0.05, 0.1) is 19.1 Å². The Labute approximate surface area is 96.3 Å². The summed E-state index contributed by atoms with van der Waals surface area (Å²) in [5.74, 6) is 1.83. The molecule has 0 aromatic carbocycles. The molecule has 0 bridgehead atoms. The number of ether oxygens (including phenoxy) is 1. The first kappa shape index (κ1) is 10.5. The Hall–Kier alpha value is -0.610. The van der Waals surface area contributed by atoms with E-state index >= 15 is 0 Å². The third kappa shape index (κ3) is 1.84. The summed E-state index contributed by atoms with van der Waals surface area (Å²) in [6.07, 6.45) is 2.20. The SMILES string of the molecule is O=C([C@@H]1CCCNC1)N1C[C@H]2COC[C@H]2C1. The third-order valence-corrected chi connectivity index (χ3v) is 4.20. The minimum atomic E-state index is 0.230. The first-order valence-corrected chi connectivity index (χ1v) is 6.42. The summed E-state index contributed by atoms with van der Waals surface area (Å²) in [5.41, 5.74) is 0. The quantitative estimate of drug-likeness (QED) is 0.686. The average Bonchev–Trinajstić information content (AvgIpc) is 2.89. The van der Waals surface area contributed by atoms with Gasteiger partial charge in [0.15, 0.2) is 0 Å². The van der Waals surface area contributed by atoms with Crippen molar-refractivity contribution in [3.63, 3.8) is 0 Å². The molecule has 3 atom stereocenters. The number of carbonyl (C=O) groups is 1. The number of rotatable bonds is 1. The molecule has 4 nitrogen and oxygen atoms in total. The van der Waals surface area contributed by atoms with Crippen molar-refractivity contribution in [1.82, 2.24) is 10.2 Å². The molecule has 0 aromatic rings. The third-order valence-electron chi connectivity index (χ3n) is 4.20. The molecule has 1 N–H and O–H groups in total. The molecule has 90 valence electrons. The Kier molecular flexibility index (Phi) is 2.86. The monoisotopic (exact) mass is 224 g/mol. The van der Waals surface area contributed by atoms with Gasteiger partial charge in [-0.1, -0.05) is 0 Å². The van der Waals surface area contributed by atoms with Gasteiger partial charge >= 0.3 is 0 Å². The van der Waals surface area contributed by atoms with Crippen molar-refractivity contribution >= 4 is 5.91 Å². The van der Waals surface area contributed by atoms with Crippen molar-refractivity contribution in [3.8, 4) is 0 Å². The highest BCUT2D eigenvalue weighted by atomic mass is 16.5. The Bertz CT molecular complexity index is 264. The summed E-state index contributed by atoms with van der Waals surface area (Å²) in [4.78, 5) is 14.4. The molecule has 0 aliphatic carbocycles. The molecule has 0 aromatic heterocycles. The summed E-state index contributed by atoms with van der Waals surface area (Å²) in [5, 5.41) is 3.32. The molecule has 3 aliphatic rings. The molecular weight excluding hydrogens is 204 g/mol. The maximum atomic E-state index is 12.3. The van der Waals surface area contributed by atoms with E-state index in [-0.39, 0.29) is 5.92 Å². The number of piperidine rings is 1. The molecule has 0 spiro atoms. The van der Waals surface area contributed by atoms with Gasteiger partial charge in [0, 0.05) is 31.5 Å². The Morgan fingerprint density at radius 2 is 2.00 bits per heavy atom. The van der Waals surface area contributed by atoms with Crippen LogP contribution < -0.4 is 5.32 Å². The number of likely N-dealkylation sites (tertiary alicyclic amines) is 1. The van der Waals surface area contributed by atoms with Gasteiger partial charge in [-0.2, -0.15) is 0 Å². The van der Waals surface area contributed by atoms with Crippen LogP contribution in [0.1, 0.15) is 12.8 Å². The lowest BCUT2D eigenvalue weighted by molar-refractivity contribution is -0.135. The van der Waals surface area contributed by atoms with Crippen molar-refractivity contribution in [3.05, 3.63) is 0 Å². The molecule has 3 saturated heterocycles. The molecule has 1 amide bonds. The van der Waals surface area contributed by atoms with Gasteiger partial charge in [0.2, 0.25) is 5.91 Å². The topological polar surface area (TPSA) is 41.6 Å². The number of carbonyl (C=O) groups excluding carboxylic acids is 1. The minimum absolute atomic E-state index is 0.230. The van der Waals surface area contributed by atoms with Gasteiger partial charge < -0.3 is 15.0 Å². The summed E-state index contributed by atoms with van der Waals surface area (Å²) in [6, 6.07) is 0. The van der Waals surface area contributed by atoms with E-state index in [9.17, 15) is 4.79 Å². The molecule has 0 radical (unpaired) electrons. The van der Waals surface area contributed by atoms with E-state index in [1.807, 2.05) is 0 Å². The van der Waals surface area contributed by atoms with Crippen LogP contribution in [0.25, 0.3) is 0 Å². The van der Waals surface area contributed by atoms with Crippen LogP contribution in [-0.4, -0.2) is 50.2 Å². The van der Waals surface area contributed by atoms with Gasteiger partial charge in [-0.25, -0.2) is 0 Å². The molecule has 3 rings (SSSR count). The predicted molar refractivity (Wildman–Crippen MR) is 60.0 cm³/mol. The number of hydrogen-bond donors (Lipinski definition) is 1. The minimum Gasteiger partial charge on any atom is -0.381 e. The van der Waals surface area contributed by atoms with Gasteiger partial charge in [0.25, 0.3) is 0 Å². The maximum Gasteiger partial charge on any atom is 0.226 e. The van der Waals surface area contributed by atoms with Crippen molar-refractivity contribution in [2.75, 3.05) is 39.4 Å². The second kappa shape index (κ2) is 4.34. The molecule has 0 saturated carbocycles. The van der Waals surface area contributed by atoms with Crippen LogP contribution in [0.3, 0.4) is 0 Å². The highest BCUT2D eigenvalue weighted by Crippen LogP contribution is 2.30. The van der Waals surface area contributed by atoms with Crippen molar-refractivity contribution in [2.45, 2.75) is 12.8 Å². The van der Waals surface area contributed by atoms with Crippen molar-refractivity contribution in [2.24, 2.45) is 17.8 Å². The molecule has 4 heteroatoms. The standard InChI is InChI=1S/C12H20N2O2/c15-12(9-2-1-3-13-4-9)14-5-10-7-16-8-11(10)6-14/h9-11,13H,1-8H2/t9-,10-,11+/m1/s1. The van der Waals surface area contributed by atoms with E-state index in [1.165, 1.54) is 0 Å². The van der Waals surface area contributed by atoms with Crippen molar-refractivity contribution < 1.29 is 9.53 Å². The van der Waals surface area contributed by atoms with E-state index in [0.717, 1.165) is 52.2 Å². The zero-order valence-corrected chi connectivity index (χ0v) is 9.65. The molecule has 0 unspecified atom stereocenters. The van der Waals surface area contributed by atoms with Gasteiger partial charge in [0.1, 0.15) is 0 Å². The molecule has 3 heterocycles. The second-order valence-electron chi connectivity index (χ2n) is 5.34. The van der Waals surface area contributed by atoms with Crippen LogP contribution in [-0.2, 0) is 9.53 Å². The fraction of sp³-hybridized carbons (Fsp3) is 0.917. The summed E-state index contributed by atoms with van der Waals surface area (Å²) >= 11 is 0. The Morgan fingerprint density at radius 3 is 2.62 bits per heavy atom. The number of hydrogen-bond acceptors (Lipinski definition) is 3. The molecular formula is C12H20N2O2. The summed E-state index contributed by atoms with van der Waals surface area (Å²) in [6.45, 7) is 5.53. The zero-order valence-electron chi connectivity index (χ0n) is 9.65. The van der Waals surface area contributed by atoms with E-state index in [0.29, 0.717) is 17.7 Å². The van der Waals surface area contributed by atoms with Crippen LogP contribution in [0.4, 0.5) is 0 Å². The van der Waals surface area contributed by atoms with Crippen LogP contribution >= 0.6 is 0 Å². The smallest absolute Gasteiger partial charge is 0.226 e. The molecule has 3 fully saturated rings. The Balaban J connectivity index is 1.59. The average molecular weight is 224 g/mol. The number of fused-ring (bicyclic) bond motifs is 1. The number of nitrogens with zero attached hydrogens (tertiary/aromatic N) is 1. The Morgan fingerprint density at radius 1 is 1.25 bits per heavy atom. The van der Waals surface area contributed by atoms with E-state index < -0.39 is 0 Å². The van der Waals surface area contributed by atoms with Crippen LogP contribution in [0.15, 0.2) is 0 Å². The van der Waals surface area contributed by atoms with Gasteiger partial charge in [-0.3, -0.25) is 4.79 Å². The summed E-state index contributed by atoms with van der Waals surface area (Å²) < 4.78 is 5.43. The lowest BCUT2D eigenvalue weighted by Gasteiger charge is -2.27. The van der Waals surface area contributed by atoms with Crippen LogP contribution in [0, 0.1) is 17.8 Å². The lowest BCUT2D eigenvalue weighted by Crippen LogP contribution is -2.42. The highest BCUT2D eigenvalue weighted by Gasteiger charge is 2.40. The highest BCUT2D eigenvalue weighted by molar-refractivity contribution is 5.79. The first-order chi connectivity index (χ1) is 7.84. The number of amides is 1. The molecule has 16 heavy (non-hydrogen) atoms. The summed E-state index contributed by atoms with van der Waals surface area (Å²) in [7, 11) is 0. The number of nitrogens with one attached hydrogen (secondary N) is 1. The van der Waals surface area contributed by atoms with E-state index in [4.69, 9.17) is 4.74 Å². The lowest BCUT2D eigenvalue weighted by atomic mass is 9.98. The van der Waals surface area contributed by atoms with Crippen molar-refractivity contribution in [1.29, 1.82) is 0 Å². The van der Waals surface area contributed by atoms with Crippen LogP contribution in [0.2, 0.25) is 0 Å². The predicted octanol–water partition coefficient (Wildman–Crippen LogP) is 0.0908. The fourth-order valence-electron chi connectivity index (χ4n) is 3.19. The first-order valence-electron chi connectivity index (χ1n) is 6.42. The normalized spacial score (nSPS) is 38.8. The van der Waals surface area contributed by atoms with Crippen LogP contribution in [0.5, 0.6) is 0 Å². The van der Waals surface area contributed by atoms with Gasteiger partial charge in [-0.15, -0.1) is 0 Å². The molecule has 3 aliphatic heterocycles. The second-order valence-corrected chi connectivity index (χ2v) is 5.34. The maximum absolute atomic E-state index is 12.3. The fourth-order valence-corrected chi connectivity index (χ4v) is 3.19.